The lowest BCUT2D eigenvalue weighted by atomic mass is 9.91. The molecule has 4 rings (SSSR count). The monoisotopic (exact) mass is 464 g/mol. The average molecular weight is 465 g/mol. The van der Waals surface area contributed by atoms with Gasteiger partial charge in [0.1, 0.15) is 5.82 Å². The van der Waals surface area contributed by atoms with Crippen molar-refractivity contribution in [1.29, 1.82) is 0 Å². The van der Waals surface area contributed by atoms with Crippen LogP contribution in [0.2, 0.25) is 0 Å². The zero-order valence-electron chi connectivity index (χ0n) is 20.8. The summed E-state index contributed by atoms with van der Waals surface area (Å²) in [6, 6.07) is 7.92. The summed E-state index contributed by atoms with van der Waals surface area (Å²) in [5.41, 5.74) is 4.17. The number of anilines is 2. The Morgan fingerprint density at radius 1 is 1.03 bits per heavy atom. The second kappa shape index (κ2) is 9.65. The molecule has 0 bridgehead atoms. The van der Waals surface area contributed by atoms with Crippen LogP contribution in [0.3, 0.4) is 0 Å². The lowest BCUT2D eigenvalue weighted by molar-refractivity contribution is -0.133. The van der Waals surface area contributed by atoms with E-state index in [1.165, 1.54) is 0 Å². The van der Waals surface area contributed by atoms with Gasteiger partial charge in [-0.05, 0) is 53.6 Å². The van der Waals surface area contributed by atoms with Gasteiger partial charge in [-0.1, -0.05) is 27.7 Å². The molecule has 0 saturated carbocycles. The molecule has 7 heteroatoms. The SMILES string of the molecule is CCCN1CCc2c(C(=O)O)cc(-c3ccc(N4CCN(C(=O)CC(C)(C)C)CC4)nc3)cc21. The number of pyridine rings is 1. The fraction of sp³-hybridized carbons (Fsp3) is 0.519. The van der Waals surface area contributed by atoms with Crippen LogP contribution < -0.4 is 9.80 Å². The Labute approximate surface area is 202 Å². The molecule has 2 aliphatic rings. The smallest absolute Gasteiger partial charge is 0.336 e. The summed E-state index contributed by atoms with van der Waals surface area (Å²) in [6.07, 6.45) is 4.20. The Bertz CT molecular complexity index is 1050. The van der Waals surface area contributed by atoms with E-state index in [1.54, 1.807) is 6.07 Å². The molecule has 1 saturated heterocycles. The van der Waals surface area contributed by atoms with Crippen molar-refractivity contribution >= 4 is 23.4 Å². The molecule has 7 nitrogen and oxygen atoms in total. The minimum absolute atomic E-state index is 0.00274. The maximum atomic E-state index is 12.5. The number of aromatic carboxylic acids is 1. The third-order valence-corrected chi connectivity index (χ3v) is 6.64. The molecule has 0 unspecified atom stereocenters. The molecule has 1 fully saturated rings. The van der Waals surface area contributed by atoms with Crippen molar-refractivity contribution in [2.75, 3.05) is 49.1 Å². The van der Waals surface area contributed by atoms with E-state index in [4.69, 9.17) is 4.98 Å². The molecular weight excluding hydrogens is 428 g/mol. The minimum Gasteiger partial charge on any atom is -0.478 e. The first-order valence-corrected chi connectivity index (χ1v) is 12.3. The number of carbonyl (C=O) groups is 2. The van der Waals surface area contributed by atoms with Crippen LogP contribution in [0.25, 0.3) is 11.1 Å². The number of benzene rings is 1. The van der Waals surface area contributed by atoms with E-state index in [9.17, 15) is 14.7 Å². The number of piperazine rings is 1. The van der Waals surface area contributed by atoms with Crippen LogP contribution in [-0.4, -0.2) is 66.1 Å². The van der Waals surface area contributed by atoms with Gasteiger partial charge in [0.2, 0.25) is 5.91 Å². The van der Waals surface area contributed by atoms with Crippen LogP contribution in [-0.2, 0) is 11.2 Å². The predicted molar refractivity (Wildman–Crippen MR) is 136 cm³/mol. The van der Waals surface area contributed by atoms with E-state index in [0.29, 0.717) is 25.1 Å². The van der Waals surface area contributed by atoms with Crippen molar-refractivity contribution in [3.63, 3.8) is 0 Å². The molecule has 1 N–H and O–H groups in total. The highest BCUT2D eigenvalue weighted by Gasteiger charge is 2.27. The fourth-order valence-corrected chi connectivity index (χ4v) is 4.92. The molecule has 3 heterocycles. The highest BCUT2D eigenvalue weighted by molar-refractivity contribution is 5.94. The normalized spacial score (nSPS) is 16.1. The van der Waals surface area contributed by atoms with Crippen molar-refractivity contribution in [1.82, 2.24) is 9.88 Å². The Kier molecular flexibility index (Phi) is 6.82. The van der Waals surface area contributed by atoms with Gasteiger partial charge in [-0.2, -0.15) is 0 Å². The van der Waals surface area contributed by atoms with E-state index in [1.807, 2.05) is 23.2 Å². The summed E-state index contributed by atoms with van der Waals surface area (Å²) in [5, 5.41) is 9.80. The molecule has 0 radical (unpaired) electrons. The number of carboxylic acid groups (broad SMARTS) is 1. The fourth-order valence-electron chi connectivity index (χ4n) is 4.92. The van der Waals surface area contributed by atoms with Crippen LogP contribution >= 0.6 is 0 Å². The van der Waals surface area contributed by atoms with Crippen LogP contribution in [0.4, 0.5) is 11.5 Å². The van der Waals surface area contributed by atoms with Crippen molar-refractivity contribution < 1.29 is 14.7 Å². The maximum Gasteiger partial charge on any atom is 0.336 e. The van der Waals surface area contributed by atoms with Crippen molar-refractivity contribution in [2.45, 2.75) is 47.0 Å². The van der Waals surface area contributed by atoms with Crippen molar-refractivity contribution in [2.24, 2.45) is 5.41 Å². The van der Waals surface area contributed by atoms with E-state index in [0.717, 1.165) is 67.2 Å². The molecule has 0 aliphatic carbocycles. The molecule has 1 aromatic heterocycles. The first-order chi connectivity index (χ1) is 16.2. The van der Waals surface area contributed by atoms with Crippen molar-refractivity contribution in [3.05, 3.63) is 41.6 Å². The standard InChI is InChI=1S/C27H36N4O3/c1-5-9-29-10-8-21-22(26(33)34)15-20(16-23(21)29)19-6-7-24(28-18-19)30-11-13-31(14-12-30)25(32)17-27(2,3)4/h6-7,15-16,18H,5,8-14,17H2,1-4H3,(H,33,34). The van der Waals surface area contributed by atoms with Gasteiger partial charge < -0.3 is 19.8 Å². The summed E-state index contributed by atoms with van der Waals surface area (Å²) < 4.78 is 0. The summed E-state index contributed by atoms with van der Waals surface area (Å²) in [5.74, 6) is 0.234. The van der Waals surface area contributed by atoms with Crippen molar-refractivity contribution in [3.8, 4) is 11.1 Å². The number of fused-ring (bicyclic) bond motifs is 1. The van der Waals surface area contributed by atoms with Gasteiger partial charge >= 0.3 is 5.97 Å². The molecule has 1 amide bonds. The molecule has 1 aromatic carbocycles. The summed E-state index contributed by atoms with van der Waals surface area (Å²) >= 11 is 0. The zero-order valence-corrected chi connectivity index (χ0v) is 20.8. The molecule has 0 spiro atoms. The van der Waals surface area contributed by atoms with Gasteiger partial charge in [-0.25, -0.2) is 9.78 Å². The van der Waals surface area contributed by atoms with E-state index in [-0.39, 0.29) is 11.3 Å². The highest BCUT2D eigenvalue weighted by Crippen LogP contribution is 2.36. The summed E-state index contributed by atoms with van der Waals surface area (Å²) in [4.78, 5) is 35.6. The molecule has 34 heavy (non-hydrogen) atoms. The second-order valence-corrected chi connectivity index (χ2v) is 10.6. The summed E-state index contributed by atoms with van der Waals surface area (Å²) in [7, 11) is 0. The third kappa shape index (κ3) is 5.18. The number of hydrogen-bond donors (Lipinski definition) is 1. The quantitative estimate of drug-likeness (QED) is 0.687. The number of amides is 1. The Morgan fingerprint density at radius 2 is 1.76 bits per heavy atom. The number of rotatable bonds is 6. The Morgan fingerprint density at radius 3 is 2.35 bits per heavy atom. The van der Waals surface area contributed by atoms with E-state index >= 15 is 0 Å². The van der Waals surface area contributed by atoms with Gasteiger partial charge in [0.15, 0.2) is 0 Å². The van der Waals surface area contributed by atoms with Gasteiger partial charge in [-0.15, -0.1) is 0 Å². The summed E-state index contributed by atoms with van der Waals surface area (Å²) in [6.45, 7) is 13.1. The molecule has 182 valence electrons. The first-order valence-electron chi connectivity index (χ1n) is 12.3. The molecule has 2 aliphatic heterocycles. The topological polar surface area (TPSA) is 77.0 Å². The minimum atomic E-state index is -0.875. The molecular formula is C27H36N4O3. The third-order valence-electron chi connectivity index (χ3n) is 6.64. The van der Waals surface area contributed by atoms with Crippen LogP contribution in [0.15, 0.2) is 30.5 Å². The maximum absolute atomic E-state index is 12.5. The van der Waals surface area contributed by atoms with E-state index < -0.39 is 5.97 Å². The molecule has 2 aromatic rings. The van der Waals surface area contributed by atoms with E-state index in [2.05, 4.69) is 43.6 Å². The Balaban J connectivity index is 1.48. The lowest BCUT2D eigenvalue weighted by Gasteiger charge is -2.36. The van der Waals surface area contributed by atoms with Crippen LogP contribution in [0.1, 0.15) is 56.5 Å². The zero-order chi connectivity index (χ0) is 24.5. The average Bonchev–Trinajstić information content (AvgIpc) is 3.20. The number of carboxylic acids is 1. The van der Waals surface area contributed by atoms with Gasteiger partial charge in [0, 0.05) is 63.1 Å². The number of carbonyl (C=O) groups excluding carboxylic acids is 1. The predicted octanol–water partition coefficient (Wildman–Crippen LogP) is 4.30. The Hall–Kier alpha value is -3.09. The van der Waals surface area contributed by atoms with Gasteiger partial charge in [0.05, 0.1) is 5.56 Å². The highest BCUT2D eigenvalue weighted by atomic mass is 16.4. The van der Waals surface area contributed by atoms with Gasteiger partial charge in [-0.3, -0.25) is 4.79 Å². The molecule has 0 atom stereocenters. The largest absolute Gasteiger partial charge is 0.478 e. The number of hydrogen-bond acceptors (Lipinski definition) is 5. The number of aromatic nitrogens is 1. The van der Waals surface area contributed by atoms with Gasteiger partial charge in [0.25, 0.3) is 0 Å². The van der Waals surface area contributed by atoms with Crippen LogP contribution in [0, 0.1) is 5.41 Å². The van der Waals surface area contributed by atoms with Crippen LogP contribution in [0.5, 0.6) is 0 Å². The second-order valence-electron chi connectivity index (χ2n) is 10.6. The first kappa shape index (κ1) is 24.0. The number of nitrogens with zero attached hydrogens (tertiary/aromatic N) is 4. The lowest BCUT2D eigenvalue weighted by Crippen LogP contribution is -2.49.